The molecule has 0 aromatic heterocycles. The maximum Gasteiger partial charge on any atom is 0.408 e. The standard InChI is InChI=1S/C15H23NO2/c1-6-11-9-8-10-13(12(11)7-2)16-14(17)18-15(3,4)5/h6-7,13H,1-2,8-10H2,3-5H3,(H,16,17). The smallest absolute Gasteiger partial charge is 0.408 e. The van der Waals surface area contributed by atoms with Gasteiger partial charge in [0.25, 0.3) is 0 Å². The van der Waals surface area contributed by atoms with Crippen molar-refractivity contribution < 1.29 is 9.53 Å². The van der Waals surface area contributed by atoms with Crippen LogP contribution in [0.4, 0.5) is 4.79 Å². The van der Waals surface area contributed by atoms with E-state index in [0.29, 0.717) is 0 Å². The Morgan fingerprint density at radius 3 is 2.56 bits per heavy atom. The van der Waals surface area contributed by atoms with E-state index in [1.54, 1.807) is 6.08 Å². The Hall–Kier alpha value is -1.51. The van der Waals surface area contributed by atoms with Gasteiger partial charge in [0, 0.05) is 0 Å². The summed E-state index contributed by atoms with van der Waals surface area (Å²) < 4.78 is 5.27. The van der Waals surface area contributed by atoms with Crippen LogP contribution in [0.3, 0.4) is 0 Å². The van der Waals surface area contributed by atoms with Gasteiger partial charge in [0.2, 0.25) is 0 Å². The van der Waals surface area contributed by atoms with Gasteiger partial charge in [-0.15, -0.1) is 0 Å². The summed E-state index contributed by atoms with van der Waals surface area (Å²) in [6, 6.07) is -0.0147. The zero-order valence-corrected chi connectivity index (χ0v) is 11.6. The van der Waals surface area contributed by atoms with Crippen molar-refractivity contribution in [3.8, 4) is 0 Å². The Kier molecular flexibility index (Phi) is 4.76. The minimum atomic E-state index is -0.474. The molecule has 0 heterocycles. The third kappa shape index (κ3) is 4.06. The molecule has 0 saturated heterocycles. The molecule has 18 heavy (non-hydrogen) atoms. The highest BCUT2D eigenvalue weighted by molar-refractivity contribution is 5.69. The molecule has 0 aromatic rings. The molecule has 1 atom stereocenters. The number of carbonyl (C=O) groups excluding carboxylic acids is 1. The van der Waals surface area contributed by atoms with Crippen LogP contribution in [0, 0.1) is 0 Å². The first kappa shape index (κ1) is 14.6. The van der Waals surface area contributed by atoms with E-state index < -0.39 is 5.60 Å². The van der Waals surface area contributed by atoms with Gasteiger partial charge in [-0.05, 0) is 51.2 Å². The SMILES string of the molecule is C=CC1=C(C=C)C(NC(=O)OC(C)(C)C)CCC1. The minimum Gasteiger partial charge on any atom is -0.444 e. The fraction of sp³-hybridized carbons (Fsp3) is 0.533. The topological polar surface area (TPSA) is 38.3 Å². The largest absolute Gasteiger partial charge is 0.444 e. The minimum absolute atomic E-state index is 0.0147. The maximum absolute atomic E-state index is 11.8. The maximum atomic E-state index is 11.8. The number of carbonyl (C=O) groups is 1. The van der Waals surface area contributed by atoms with Gasteiger partial charge in [0.1, 0.15) is 5.60 Å². The lowest BCUT2D eigenvalue weighted by Gasteiger charge is -2.28. The molecule has 0 fully saturated rings. The first-order valence-electron chi connectivity index (χ1n) is 6.35. The lowest BCUT2D eigenvalue weighted by molar-refractivity contribution is 0.0509. The molecule has 0 bridgehead atoms. The number of rotatable bonds is 3. The van der Waals surface area contributed by atoms with E-state index >= 15 is 0 Å². The Labute approximate surface area is 110 Å². The van der Waals surface area contributed by atoms with Gasteiger partial charge in [-0.25, -0.2) is 4.79 Å². The second-order valence-electron chi connectivity index (χ2n) is 5.48. The molecular weight excluding hydrogens is 226 g/mol. The molecule has 3 heteroatoms. The van der Waals surface area contributed by atoms with Gasteiger partial charge < -0.3 is 10.1 Å². The second-order valence-corrected chi connectivity index (χ2v) is 5.48. The normalized spacial score (nSPS) is 20.3. The van der Waals surface area contributed by atoms with E-state index in [4.69, 9.17) is 4.74 Å². The lowest BCUT2D eigenvalue weighted by Crippen LogP contribution is -2.41. The summed E-state index contributed by atoms with van der Waals surface area (Å²) in [5.41, 5.74) is 1.75. The van der Waals surface area contributed by atoms with E-state index in [0.717, 1.165) is 30.4 Å². The fourth-order valence-electron chi connectivity index (χ4n) is 2.11. The quantitative estimate of drug-likeness (QED) is 0.827. The molecule has 0 spiro atoms. The molecule has 3 nitrogen and oxygen atoms in total. The monoisotopic (exact) mass is 249 g/mol. The lowest BCUT2D eigenvalue weighted by atomic mass is 9.87. The van der Waals surface area contributed by atoms with Crippen molar-refractivity contribution >= 4 is 6.09 Å². The van der Waals surface area contributed by atoms with Crippen LogP contribution >= 0.6 is 0 Å². The van der Waals surface area contributed by atoms with E-state index in [1.807, 2.05) is 26.8 Å². The van der Waals surface area contributed by atoms with Crippen LogP contribution in [0.5, 0.6) is 0 Å². The van der Waals surface area contributed by atoms with Crippen LogP contribution in [0.15, 0.2) is 36.5 Å². The summed E-state index contributed by atoms with van der Waals surface area (Å²) in [6.45, 7) is 13.2. The number of hydrogen-bond acceptors (Lipinski definition) is 2. The van der Waals surface area contributed by atoms with Gasteiger partial charge >= 0.3 is 6.09 Å². The van der Waals surface area contributed by atoms with E-state index in [2.05, 4.69) is 18.5 Å². The molecule has 100 valence electrons. The zero-order chi connectivity index (χ0) is 13.8. The van der Waals surface area contributed by atoms with Crippen molar-refractivity contribution in [3.05, 3.63) is 36.5 Å². The van der Waals surface area contributed by atoms with Crippen molar-refractivity contribution in [1.82, 2.24) is 5.32 Å². The average molecular weight is 249 g/mol. The first-order valence-corrected chi connectivity index (χ1v) is 6.35. The predicted octanol–water partition coefficient (Wildman–Crippen LogP) is 3.73. The number of ether oxygens (including phenoxy) is 1. The average Bonchev–Trinajstić information content (AvgIpc) is 2.25. The van der Waals surface area contributed by atoms with Crippen LogP contribution in [0.1, 0.15) is 40.0 Å². The molecule has 0 aliphatic heterocycles. The van der Waals surface area contributed by atoms with Crippen LogP contribution in [0.25, 0.3) is 0 Å². The Balaban J connectivity index is 2.74. The molecule has 0 saturated carbocycles. The zero-order valence-electron chi connectivity index (χ0n) is 11.6. The van der Waals surface area contributed by atoms with Crippen LogP contribution in [-0.4, -0.2) is 17.7 Å². The Morgan fingerprint density at radius 1 is 1.39 bits per heavy atom. The Morgan fingerprint density at radius 2 is 2.06 bits per heavy atom. The summed E-state index contributed by atoms with van der Waals surface area (Å²) in [7, 11) is 0. The van der Waals surface area contributed by atoms with E-state index in [1.165, 1.54) is 0 Å². The number of alkyl carbamates (subject to hydrolysis) is 1. The van der Waals surface area contributed by atoms with Crippen molar-refractivity contribution in [2.45, 2.75) is 51.7 Å². The molecule has 0 radical (unpaired) electrons. The van der Waals surface area contributed by atoms with Crippen LogP contribution < -0.4 is 5.32 Å². The van der Waals surface area contributed by atoms with E-state index in [9.17, 15) is 4.79 Å². The third-order valence-corrected chi connectivity index (χ3v) is 2.84. The number of allylic oxidation sites excluding steroid dienone is 2. The Bertz CT molecular complexity index is 374. The van der Waals surface area contributed by atoms with Crippen molar-refractivity contribution in [2.75, 3.05) is 0 Å². The molecule has 0 aromatic carbocycles. The highest BCUT2D eigenvalue weighted by Crippen LogP contribution is 2.26. The number of amides is 1. The summed E-state index contributed by atoms with van der Waals surface area (Å²) >= 11 is 0. The van der Waals surface area contributed by atoms with Crippen molar-refractivity contribution in [3.63, 3.8) is 0 Å². The fourth-order valence-corrected chi connectivity index (χ4v) is 2.11. The van der Waals surface area contributed by atoms with Crippen molar-refractivity contribution in [2.24, 2.45) is 0 Å². The van der Waals surface area contributed by atoms with Gasteiger partial charge in [-0.2, -0.15) is 0 Å². The molecular formula is C15H23NO2. The summed E-state index contributed by atoms with van der Waals surface area (Å²) in [5.74, 6) is 0. The highest BCUT2D eigenvalue weighted by atomic mass is 16.6. The number of nitrogens with one attached hydrogen (secondary N) is 1. The van der Waals surface area contributed by atoms with Crippen LogP contribution in [-0.2, 0) is 4.74 Å². The van der Waals surface area contributed by atoms with Gasteiger partial charge in [0.05, 0.1) is 6.04 Å². The molecule has 1 rings (SSSR count). The second kappa shape index (κ2) is 5.89. The molecule has 1 aliphatic carbocycles. The molecule has 1 unspecified atom stereocenters. The molecule has 1 amide bonds. The number of hydrogen-bond donors (Lipinski definition) is 1. The van der Waals surface area contributed by atoms with Crippen molar-refractivity contribution in [1.29, 1.82) is 0 Å². The predicted molar refractivity (Wildman–Crippen MR) is 74.4 cm³/mol. The first-order chi connectivity index (χ1) is 8.37. The summed E-state index contributed by atoms with van der Waals surface area (Å²) in [4.78, 5) is 11.8. The van der Waals surface area contributed by atoms with Crippen LogP contribution in [0.2, 0.25) is 0 Å². The summed E-state index contributed by atoms with van der Waals surface area (Å²) in [5, 5.41) is 2.90. The van der Waals surface area contributed by atoms with Gasteiger partial charge in [-0.3, -0.25) is 0 Å². The van der Waals surface area contributed by atoms with Gasteiger partial charge in [0.15, 0.2) is 0 Å². The molecule has 1 aliphatic rings. The third-order valence-electron chi connectivity index (χ3n) is 2.84. The highest BCUT2D eigenvalue weighted by Gasteiger charge is 2.24. The van der Waals surface area contributed by atoms with E-state index in [-0.39, 0.29) is 12.1 Å². The molecule has 1 N–H and O–H groups in total. The summed E-state index contributed by atoms with van der Waals surface area (Å²) in [6.07, 6.45) is 6.23. The van der Waals surface area contributed by atoms with Gasteiger partial charge in [-0.1, -0.05) is 25.3 Å².